The molecule has 2 aromatic carbocycles. The standard InChI is InChI=1S/C18H22O2/c1-12-5-6-17(15(4)19)18(10-12)20-11-16-8-13(2)7-14(3)9-16/h5-10,15,19H,11H2,1-4H3/t15-/m0/s1. The Labute approximate surface area is 121 Å². The van der Waals surface area contributed by atoms with Crippen LogP contribution in [0.1, 0.15) is 40.8 Å². The molecular weight excluding hydrogens is 248 g/mol. The van der Waals surface area contributed by atoms with E-state index in [1.807, 2.05) is 25.1 Å². The summed E-state index contributed by atoms with van der Waals surface area (Å²) in [5, 5.41) is 9.80. The molecule has 2 aromatic rings. The number of aliphatic hydroxyl groups is 1. The minimum atomic E-state index is -0.523. The summed E-state index contributed by atoms with van der Waals surface area (Å²) in [6.07, 6.45) is -0.523. The van der Waals surface area contributed by atoms with Crippen molar-refractivity contribution in [2.24, 2.45) is 0 Å². The zero-order valence-electron chi connectivity index (χ0n) is 12.6. The number of benzene rings is 2. The zero-order chi connectivity index (χ0) is 14.7. The lowest BCUT2D eigenvalue weighted by atomic mass is 10.1. The molecule has 1 atom stereocenters. The first-order chi connectivity index (χ1) is 9.45. The molecule has 2 rings (SSSR count). The number of aryl methyl sites for hydroxylation is 3. The summed E-state index contributed by atoms with van der Waals surface area (Å²) >= 11 is 0. The predicted octanol–water partition coefficient (Wildman–Crippen LogP) is 4.24. The highest BCUT2D eigenvalue weighted by atomic mass is 16.5. The second-order valence-corrected chi connectivity index (χ2v) is 5.50. The fourth-order valence-electron chi connectivity index (χ4n) is 2.43. The molecule has 1 N–H and O–H groups in total. The van der Waals surface area contributed by atoms with Gasteiger partial charge in [-0.3, -0.25) is 0 Å². The Bertz CT molecular complexity index is 580. The van der Waals surface area contributed by atoms with Crippen LogP contribution >= 0.6 is 0 Å². The molecular formula is C18H22O2. The molecule has 0 fully saturated rings. The number of hydrogen-bond donors (Lipinski definition) is 1. The average Bonchev–Trinajstić information content (AvgIpc) is 2.35. The van der Waals surface area contributed by atoms with Crippen molar-refractivity contribution < 1.29 is 9.84 Å². The maximum atomic E-state index is 9.80. The number of ether oxygens (including phenoxy) is 1. The molecule has 0 aliphatic heterocycles. The van der Waals surface area contributed by atoms with Crippen LogP contribution in [0.3, 0.4) is 0 Å². The van der Waals surface area contributed by atoms with Crippen molar-refractivity contribution in [2.75, 3.05) is 0 Å². The van der Waals surface area contributed by atoms with Crippen molar-refractivity contribution in [3.63, 3.8) is 0 Å². The minimum absolute atomic E-state index is 0.520. The second kappa shape index (κ2) is 6.10. The van der Waals surface area contributed by atoms with Crippen molar-refractivity contribution in [1.29, 1.82) is 0 Å². The third-order valence-electron chi connectivity index (χ3n) is 3.29. The molecule has 106 valence electrons. The lowest BCUT2D eigenvalue weighted by Crippen LogP contribution is -2.02. The molecule has 2 heteroatoms. The van der Waals surface area contributed by atoms with E-state index in [-0.39, 0.29) is 0 Å². The molecule has 0 spiro atoms. The van der Waals surface area contributed by atoms with Crippen molar-refractivity contribution in [1.82, 2.24) is 0 Å². The van der Waals surface area contributed by atoms with Gasteiger partial charge < -0.3 is 9.84 Å². The fourth-order valence-corrected chi connectivity index (χ4v) is 2.43. The van der Waals surface area contributed by atoms with Gasteiger partial charge in [-0.1, -0.05) is 41.5 Å². The fraction of sp³-hybridized carbons (Fsp3) is 0.333. The lowest BCUT2D eigenvalue weighted by Gasteiger charge is -2.15. The van der Waals surface area contributed by atoms with Gasteiger partial charge in [0.05, 0.1) is 6.10 Å². The van der Waals surface area contributed by atoms with Gasteiger partial charge in [0, 0.05) is 5.56 Å². The van der Waals surface area contributed by atoms with Gasteiger partial charge >= 0.3 is 0 Å². The van der Waals surface area contributed by atoms with Gasteiger partial charge in [-0.2, -0.15) is 0 Å². The first-order valence-corrected chi connectivity index (χ1v) is 6.94. The third kappa shape index (κ3) is 3.61. The highest BCUT2D eigenvalue weighted by Gasteiger charge is 2.09. The zero-order valence-corrected chi connectivity index (χ0v) is 12.6. The summed E-state index contributed by atoms with van der Waals surface area (Å²) in [4.78, 5) is 0. The SMILES string of the molecule is Cc1cc(C)cc(COc2cc(C)ccc2[C@H](C)O)c1. The Hall–Kier alpha value is -1.80. The predicted molar refractivity (Wildman–Crippen MR) is 82.1 cm³/mol. The Morgan fingerprint density at radius 1 is 0.950 bits per heavy atom. The molecule has 20 heavy (non-hydrogen) atoms. The number of hydrogen-bond acceptors (Lipinski definition) is 2. The van der Waals surface area contributed by atoms with Crippen LogP contribution in [0.2, 0.25) is 0 Å². The van der Waals surface area contributed by atoms with E-state index in [9.17, 15) is 5.11 Å². The first kappa shape index (κ1) is 14.6. The monoisotopic (exact) mass is 270 g/mol. The molecule has 0 saturated heterocycles. The normalized spacial score (nSPS) is 12.2. The van der Waals surface area contributed by atoms with E-state index in [2.05, 4.69) is 32.0 Å². The van der Waals surface area contributed by atoms with Gasteiger partial charge in [0.2, 0.25) is 0 Å². The highest BCUT2D eigenvalue weighted by molar-refractivity contribution is 5.39. The summed E-state index contributed by atoms with van der Waals surface area (Å²) in [7, 11) is 0. The van der Waals surface area contributed by atoms with Crippen LogP contribution in [-0.4, -0.2) is 5.11 Å². The summed E-state index contributed by atoms with van der Waals surface area (Å²) in [6, 6.07) is 12.3. The topological polar surface area (TPSA) is 29.5 Å². The number of rotatable bonds is 4. The van der Waals surface area contributed by atoms with Gasteiger partial charge in [0.25, 0.3) is 0 Å². The maximum Gasteiger partial charge on any atom is 0.125 e. The van der Waals surface area contributed by atoms with Crippen molar-refractivity contribution in [3.8, 4) is 5.75 Å². The van der Waals surface area contributed by atoms with E-state index in [1.54, 1.807) is 6.92 Å². The molecule has 0 amide bonds. The van der Waals surface area contributed by atoms with Gasteiger partial charge in [-0.15, -0.1) is 0 Å². The van der Waals surface area contributed by atoms with E-state index >= 15 is 0 Å². The summed E-state index contributed by atoms with van der Waals surface area (Å²) in [5.41, 5.74) is 5.59. The largest absolute Gasteiger partial charge is 0.489 e. The van der Waals surface area contributed by atoms with Gasteiger partial charge in [0.1, 0.15) is 12.4 Å². The molecule has 0 aliphatic rings. The molecule has 0 aromatic heterocycles. The molecule has 0 unspecified atom stereocenters. The summed E-state index contributed by atoms with van der Waals surface area (Å²) in [5.74, 6) is 0.763. The van der Waals surface area contributed by atoms with E-state index < -0.39 is 6.10 Å². The van der Waals surface area contributed by atoms with E-state index in [0.717, 1.165) is 22.4 Å². The molecule has 0 aliphatic carbocycles. The maximum absolute atomic E-state index is 9.80. The van der Waals surface area contributed by atoms with Crippen LogP contribution < -0.4 is 4.74 Å². The first-order valence-electron chi connectivity index (χ1n) is 6.94. The van der Waals surface area contributed by atoms with Crippen LogP contribution in [0.25, 0.3) is 0 Å². The molecule has 0 heterocycles. The van der Waals surface area contributed by atoms with Crippen molar-refractivity contribution >= 4 is 0 Å². The molecule has 0 saturated carbocycles. The number of aliphatic hydroxyl groups excluding tert-OH is 1. The van der Waals surface area contributed by atoms with Crippen molar-refractivity contribution in [3.05, 3.63) is 64.2 Å². The van der Waals surface area contributed by atoms with Gasteiger partial charge in [0.15, 0.2) is 0 Å². The van der Waals surface area contributed by atoms with Crippen LogP contribution in [-0.2, 0) is 6.61 Å². The average molecular weight is 270 g/mol. The highest BCUT2D eigenvalue weighted by Crippen LogP contribution is 2.27. The Kier molecular flexibility index (Phi) is 4.46. The minimum Gasteiger partial charge on any atom is -0.489 e. The van der Waals surface area contributed by atoms with Crippen LogP contribution in [0.4, 0.5) is 0 Å². The van der Waals surface area contributed by atoms with Gasteiger partial charge in [-0.05, 0) is 44.9 Å². The van der Waals surface area contributed by atoms with Crippen LogP contribution in [0.5, 0.6) is 5.75 Å². The third-order valence-corrected chi connectivity index (χ3v) is 3.29. The second-order valence-electron chi connectivity index (χ2n) is 5.50. The molecule has 2 nitrogen and oxygen atoms in total. The van der Waals surface area contributed by atoms with E-state index in [1.165, 1.54) is 11.1 Å². The molecule has 0 radical (unpaired) electrons. The Morgan fingerprint density at radius 2 is 1.60 bits per heavy atom. The Balaban J connectivity index is 2.20. The summed E-state index contributed by atoms with van der Waals surface area (Å²) < 4.78 is 5.92. The molecule has 0 bridgehead atoms. The smallest absolute Gasteiger partial charge is 0.125 e. The quantitative estimate of drug-likeness (QED) is 0.900. The van der Waals surface area contributed by atoms with Crippen LogP contribution in [0.15, 0.2) is 36.4 Å². The Morgan fingerprint density at radius 3 is 2.20 bits per heavy atom. The van der Waals surface area contributed by atoms with E-state index in [0.29, 0.717) is 6.61 Å². The lowest BCUT2D eigenvalue weighted by molar-refractivity contribution is 0.190. The summed E-state index contributed by atoms with van der Waals surface area (Å²) in [6.45, 7) is 8.48. The van der Waals surface area contributed by atoms with Crippen LogP contribution in [0, 0.1) is 20.8 Å². The van der Waals surface area contributed by atoms with Gasteiger partial charge in [-0.25, -0.2) is 0 Å². The van der Waals surface area contributed by atoms with Crippen molar-refractivity contribution in [2.45, 2.75) is 40.4 Å². The van der Waals surface area contributed by atoms with E-state index in [4.69, 9.17) is 4.74 Å².